The second-order valence-electron chi connectivity index (χ2n) is 3.83. The predicted octanol–water partition coefficient (Wildman–Crippen LogP) is 0.343. The fourth-order valence-electron chi connectivity index (χ4n) is 1.50. The van der Waals surface area contributed by atoms with E-state index in [1.54, 1.807) is 0 Å². The van der Waals surface area contributed by atoms with E-state index < -0.39 is 0 Å². The van der Waals surface area contributed by atoms with Crippen molar-refractivity contribution in [3.8, 4) is 12.3 Å². The monoisotopic (exact) mass is 235 g/mol. The molecule has 1 rings (SSSR count). The molecule has 1 N–H and O–H groups in total. The summed E-state index contributed by atoms with van der Waals surface area (Å²) in [6, 6.07) is 0. The highest BCUT2D eigenvalue weighted by Crippen LogP contribution is 1.94. The van der Waals surface area contributed by atoms with E-state index in [9.17, 15) is 0 Å². The molecule has 5 heteroatoms. The average molecular weight is 235 g/mol. The van der Waals surface area contributed by atoms with Gasteiger partial charge >= 0.3 is 0 Å². The Morgan fingerprint density at radius 1 is 1.53 bits per heavy atom. The standard InChI is InChI=1S/C12H21N5/c1-4-7-16(6-3)8-9-17-11-12(14-15-17)10-13-5-2/h1,11,13H,5-10H2,2-3H3. The fraction of sp³-hybridized carbons (Fsp3) is 0.667. The number of terminal acetylenes is 1. The summed E-state index contributed by atoms with van der Waals surface area (Å²) in [6.45, 7) is 9.29. The van der Waals surface area contributed by atoms with Gasteiger partial charge in [0.05, 0.1) is 18.8 Å². The van der Waals surface area contributed by atoms with Gasteiger partial charge in [0.25, 0.3) is 0 Å². The lowest BCUT2D eigenvalue weighted by atomic mass is 10.4. The molecule has 0 saturated heterocycles. The molecular weight excluding hydrogens is 214 g/mol. The van der Waals surface area contributed by atoms with Crippen molar-refractivity contribution in [3.63, 3.8) is 0 Å². The third-order valence-corrected chi connectivity index (χ3v) is 2.55. The molecule has 0 aliphatic heterocycles. The van der Waals surface area contributed by atoms with E-state index in [4.69, 9.17) is 6.42 Å². The lowest BCUT2D eigenvalue weighted by molar-refractivity contribution is 0.301. The summed E-state index contributed by atoms with van der Waals surface area (Å²) in [6.07, 6.45) is 7.28. The average Bonchev–Trinajstić information content (AvgIpc) is 2.80. The molecule has 0 spiro atoms. The zero-order valence-corrected chi connectivity index (χ0v) is 10.7. The van der Waals surface area contributed by atoms with Gasteiger partial charge in [0.1, 0.15) is 0 Å². The molecule has 0 unspecified atom stereocenters. The minimum Gasteiger partial charge on any atom is -0.311 e. The molecular formula is C12H21N5. The minimum absolute atomic E-state index is 0.690. The number of aromatic nitrogens is 3. The van der Waals surface area contributed by atoms with Crippen molar-refractivity contribution in [2.24, 2.45) is 0 Å². The highest BCUT2D eigenvalue weighted by molar-refractivity contribution is 4.92. The van der Waals surface area contributed by atoms with Crippen molar-refractivity contribution in [1.29, 1.82) is 0 Å². The first kappa shape index (κ1) is 13.7. The first-order valence-electron chi connectivity index (χ1n) is 6.05. The van der Waals surface area contributed by atoms with Gasteiger partial charge in [-0.05, 0) is 13.1 Å². The van der Waals surface area contributed by atoms with Crippen LogP contribution in [0.3, 0.4) is 0 Å². The molecule has 1 aromatic rings. The van der Waals surface area contributed by atoms with E-state index in [0.717, 1.165) is 38.4 Å². The molecule has 0 aliphatic carbocycles. The van der Waals surface area contributed by atoms with Gasteiger partial charge < -0.3 is 5.32 Å². The van der Waals surface area contributed by atoms with Gasteiger partial charge in [0.15, 0.2) is 0 Å². The van der Waals surface area contributed by atoms with Crippen LogP contribution in [-0.4, -0.2) is 46.1 Å². The molecule has 0 saturated carbocycles. The highest BCUT2D eigenvalue weighted by atomic mass is 15.4. The molecule has 94 valence electrons. The lowest BCUT2D eigenvalue weighted by Crippen LogP contribution is -2.27. The van der Waals surface area contributed by atoms with Crippen LogP contribution in [0, 0.1) is 12.3 Å². The molecule has 0 atom stereocenters. The molecule has 0 fully saturated rings. The van der Waals surface area contributed by atoms with Crippen molar-refractivity contribution < 1.29 is 0 Å². The number of nitrogens with one attached hydrogen (secondary N) is 1. The SMILES string of the molecule is C#CCN(CC)CCn1cc(CNCC)nn1. The third-order valence-electron chi connectivity index (χ3n) is 2.55. The van der Waals surface area contributed by atoms with Gasteiger partial charge in [-0.2, -0.15) is 0 Å². The van der Waals surface area contributed by atoms with Crippen LogP contribution in [0.4, 0.5) is 0 Å². The Hall–Kier alpha value is -1.38. The van der Waals surface area contributed by atoms with Gasteiger partial charge in [-0.15, -0.1) is 11.5 Å². The summed E-state index contributed by atoms with van der Waals surface area (Å²) in [5.41, 5.74) is 0.979. The van der Waals surface area contributed by atoms with Crippen molar-refractivity contribution in [1.82, 2.24) is 25.2 Å². The lowest BCUT2D eigenvalue weighted by Gasteiger charge is -2.16. The van der Waals surface area contributed by atoms with Crippen LogP contribution in [0.2, 0.25) is 0 Å². The molecule has 0 aliphatic rings. The summed E-state index contributed by atoms with van der Waals surface area (Å²) in [4.78, 5) is 2.20. The van der Waals surface area contributed by atoms with E-state index in [2.05, 4.69) is 40.3 Å². The summed E-state index contributed by atoms with van der Waals surface area (Å²) >= 11 is 0. The summed E-state index contributed by atoms with van der Waals surface area (Å²) in [5.74, 6) is 2.66. The van der Waals surface area contributed by atoms with Crippen molar-refractivity contribution >= 4 is 0 Å². The number of hydrogen-bond donors (Lipinski definition) is 1. The van der Waals surface area contributed by atoms with Crippen molar-refractivity contribution in [2.45, 2.75) is 26.9 Å². The van der Waals surface area contributed by atoms with Crippen LogP contribution in [-0.2, 0) is 13.1 Å². The molecule has 0 aromatic carbocycles. The molecule has 0 bridgehead atoms. The highest BCUT2D eigenvalue weighted by Gasteiger charge is 2.03. The molecule has 17 heavy (non-hydrogen) atoms. The van der Waals surface area contributed by atoms with Crippen LogP contribution in [0.1, 0.15) is 19.5 Å². The Bertz CT molecular complexity index is 352. The maximum Gasteiger partial charge on any atom is 0.0964 e. The van der Waals surface area contributed by atoms with Gasteiger partial charge in [0.2, 0.25) is 0 Å². The van der Waals surface area contributed by atoms with Crippen LogP contribution in [0.5, 0.6) is 0 Å². The summed E-state index contributed by atoms with van der Waals surface area (Å²) in [5, 5.41) is 11.4. The largest absolute Gasteiger partial charge is 0.311 e. The van der Waals surface area contributed by atoms with Gasteiger partial charge in [-0.25, -0.2) is 0 Å². The summed E-state index contributed by atoms with van der Waals surface area (Å²) < 4.78 is 1.87. The second kappa shape index (κ2) is 7.82. The fourth-order valence-corrected chi connectivity index (χ4v) is 1.50. The Balaban J connectivity index is 2.36. The quantitative estimate of drug-likeness (QED) is 0.660. The first-order valence-corrected chi connectivity index (χ1v) is 6.05. The Morgan fingerprint density at radius 3 is 3.00 bits per heavy atom. The van der Waals surface area contributed by atoms with Gasteiger partial charge in [0, 0.05) is 19.3 Å². The van der Waals surface area contributed by atoms with E-state index in [1.807, 2.05) is 10.9 Å². The maximum absolute atomic E-state index is 5.30. The van der Waals surface area contributed by atoms with Crippen LogP contribution >= 0.6 is 0 Å². The zero-order valence-electron chi connectivity index (χ0n) is 10.7. The normalized spacial score (nSPS) is 10.7. The molecule has 0 radical (unpaired) electrons. The number of nitrogens with zero attached hydrogens (tertiary/aromatic N) is 4. The summed E-state index contributed by atoms with van der Waals surface area (Å²) in [7, 11) is 0. The number of rotatable bonds is 8. The van der Waals surface area contributed by atoms with Crippen molar-refractivity contribution in [2.75, 3.05) is 26.2 Å². The minimum atomic E-state index is 0.690. The van der Waals surface area contributed by atoms with E-state index in [1.165, 1.54) is 0 Å². The topological polar surface area (TPSA) is 46.0 Å². The van der Waals surface area contributed by atoms with E-state index >= 15 is 0 Å². The predicted molar refractivity (Wildman–Crippen MR) is 68.3 cm³/mol. The van der Waals surface area contributed by atoms with Gasteiger partial charge in [-0.3, -0.25) is 9.58 Å². The van der Waals surface area contributed by atoms with Crippen LogP contribution < -0.4 is 5.32 Å². The molecule has 5 nitrogen and oxygen atoms in total. The van der Waals surface area contributed by atoms with Crippen molar-refractivity contribution in [3.05, 3.63) is 11.9 Å². The zero-order chi connectivity index (χ0) is 12.5. The smallest absolute Gasteiger partial charge is 0.0964 e. The third kappa shape index (κ3) is 4.98. The maximum atomic E-state index is 5.30. The van der Waals surface area contributed by atoms with Crippen LogP contribution in [0.15, 0.2) is 6.20 Å². The number of hydrogen-bond acceptors (Lipinski definition) is 4. The first-order chi connectivity index (χ1) is 8.30. The second-order valence-corrected chi connectivity index (χ2v) is 3.83. The number of likely N-dealkylation sites (N-methyl/N-ethyl adjacent to an activating group) is 1. The van der Waals surface area contributed by atoms with E-state index in [-0.39, 0.29) is 0 Å². The Morgan fingerprint density at radius 2 is 2.35 bits per heavy atom. The molecule has 0 amide bonds. The van der Waals surface area contributed by atoms with E-state index in [0.29, 0.717) is 6.54 Å². The molecule has 1 heterocycles. The molecule has 1 aromatic heterocycles. The van der Waals surface area contributed by atoms with Gasteiger partial charge in [-0.1, -0.05) is 25.0 Å². The Kier molecular flexibility index (Phi) is 6.30. The van der Waals surface area contributed by atoms with Crippen LogP contribution in [0.25, 0.3) is 0 Å². The Labute approximate surface area is 103 Å².